The third-order valence-corrected chi connectivity index (χ3v) is 3.42. The molecular formula is C13H22N4O2. The second kappa shape index (κ2) is 6.56. The van der Waals surface area contributed by atoms with Gasteiger partial charge < -0.3 is 20.1 Å². The van der Waals surface area contributed by atoms with Crippen molar-refractivity contribution in [3.05, 3.63) is 6.33 Å². The molecule has 0 amide bonds. The van der Waals surface area contributed by atoms with Gasteiger partial charge in [0.25, 0.3) is 0 Å². The van der Waals surface area contributed by atoms with E-state index in [1.807, 2.05) is 6.92 Å². The van der Waals surface area contributed by atoms with E-state index in [4.69, 9.17) is 15.2 Å². The van der Waals surface area contributed by atoms with E-state index in [1.54, 1.807) is 7.11 Å². The van der Waals surface area contributed by atoms with Crippen LogP contribution in [-0.4, -0.2) is 43.4 Å². The van der Waals surface area contributed by atoms with Crippen LogP contribution in [0.4, 0.5) is 11.5 Å². The molecule has 0 aromatic carbocycles. The van der Waals surface area contributed by atoms with E-state index in [-0.39, 0.29) is 0 Å². The number of anilines is 2. The lowest BCUT2D eigenvalue weighted by atomic mass is 9.98. The molecular weight excluding hydrogens is 244 g/mol. The van der Waals surface area contributed by atoms with Gasteiger partial charge in [-0.3, -0.25) is 0 Å². The van der Waals surface area contributed by atoms with Crippen LogP contribution in [0.25, 0.3) is 0 Å². The number of hydrogen-bond acceptors (Lipinski definition) is 6. The van der Waals surface area contributed by atoms with Gasteiger partial charge in [-0.2, -0.15) is 4.98 Å². The van der Waals surface area contributed by atoms with Crippen LogP contribution >= 0.6 is 0 Å². The summed E-state index contributed by atoms with van der Waals surface area (Å²) in [5.74, 6) is 1.90. The maximum Gasteiger partial charge on any atom is 0.242 e. The van der Waals surface area contributed by atoms with Crippen molar-refractivity contribution in [3.8, 4) is 5.88 Å². The molecule has 0 spiro atoms. The van der Waals surface area contributed by atoms with Crippen LogP contribution in [0.2, 0.25) is 0 Å². The quantitative estimate of drug-likeness (QED) is 0.866. The Labute approximate surface area is 113 Å². The first-order chi connectivity index (χ1) is 9.26. The van der Waals surface area contributed by atoms with Crippen molar-refractivity contribution in [1.82, 2.24) is 9.97 Å². The Hall–Kier alpha value is -1.56. The molecule has 19 heavy (non-hydrogen) atoms. The number of nitrogens with two attached hydrogens (primary N) is 1. The maximum atomic E-state index is 6.08. The molecule has 0 atom stereocenters. The van der Waals surface area contributed by atoms with Crippen LogP contribution in [0.5, 0.6) is 5.88 Å². The molecule has 6 nitrogen and oxygen atoms in total. The fourth-order valence-electron chi connectivity index (χ4n) is 2.42. The Kier molecular flexibility index (Phi) is 4.79. The molecule has 2 heterocycles. The molecule has 1 fully saturated rings. The van der Waals surface area contributed by atoms with Gasteiger partial charge in [-0.25, -0.2) is 4.98 Å². The van der Waals surface area contributed by atoms with Crippen molar-refractivity contribution in [3.63, 3.8) is 0 Å². The topological polar surface area (TPSA) is 73.5 Å². The van der Waals surface area contributed by atoms with Gasteiger partial charge in [0.2, 0.25) is 5.88 Å². The van der Waals surface area contributed by atoms with Gasteiger partial charge in [0.15, 0.2) is 5.82 Å². The molecule has 2 rings (SSSR count). The lowest BCUT2D eigenvalue weighted by Crippen LogP contribution is -2.36. The molecule has 1 aliphatic rings. The zero-order valence-electron chi connectivity index (χ0n) is 11.6. The standard InChI is InChI=1S/C13H22N4O2/c1-3-19-13-11(14)12(15-9-16-13)17-6-4-10(5-7-17)8-18-2/h9-10H,3-8,14H2,1-2H3. The summed E-state index contributed by atoms with van der Waals surface area (Å²) >= 11 is 0. The highest BCUT2D eigenvalue weighted by Crippen LogP contribution is 2.30. The molecule has 0 radical (unpaired) electrons. The van der Waals surface area contributed by atoms with Gasteiger partial charge in [0.1, 0.15) is 12.0 Å². The molecule has 1 saturated heterocycles. The van der Waals surface area contributed by atoms with Crippen molar-refractivity contribution in [2.75, 3.05) is 44.0 Å². The number of ether oxygens (including phenoxy) is 2. The minimum atomic E-state index is 0.478. The fourth-order valence-corrected chi connectivity index (χ4v) is 2.42. The van der Waals surface area contributed by atoms with Crippen molar-refractivity contribution < 1.29 is 9.47 Å². The van der Waals surface area contributed by atoms with Crippen molar-refractivity contribution in [1.29, 1.82) is 0 Å². The number of aromatic nitrogens is 2. The lowest BCUT2D eigenvalue weighted by Gasteiger charge is -2.33. The predicted molar refractivity (Wildman–Crippen MR) is 74.4 cm³/mol. The average molecular weight is 266 g/mol. The van der Waals surface area contributed by atoms with Crippen molar-refractivity contribution >= 4 is 11.5 Å². The van der Waals surface area contributed by atoms with E-state index >= 15 is 0 Å². The van der Waals surface area contributed by atoms with Gasteiger partial charge in [-0.15, -0.1) is 0 Å². The number of rotatable bonds is 5. The van der Waals surface area contributed by atoms with Crippen LogP contribution in [0, 0.1) is 5.92 Å². The van der Waals surface area contributed by atoms with Gasteiger partial charge in [0.05, 0.1) is 6.61 Å². The van der Waals surface area contributed by atoms with Gasteiger partial charge in [0, 0.05) is 26.8 Å². The zero-order chi connectivity index (χ0) is 13.7. The zero-order valence-corrected chi connectivity index (χ0v) is 11.6. The van der Waals surface area contributed by atoms with E-state index in [2.05, 4.69) is 14.9 Å². The summed E-state index contributed by atoms with van der Waals surface area (Å²) < 4.78 is 10.6. The molecule has 0 unspecified atom stereocenters. The summed E-state index contributed by atoms with van der Waals surface area (Å²) in [6.45, 7) is 5.19. The highest BCUT2D eigenvalue weighted by atomic mass is 16.5. The van der Waals surface area contributed by atoms with Gasteiger partial charge in [-0.1, -0.05) is 0 Å². The van der Waals surface area contributed by atoms with Crippen molar-refractivity contribution in [2.45, 2.75) is 19.8 Å². The number of piperidine rings is 1. The van der Waals surface area contributed by atoms with Crippen LogP contribution in [0.1, 0.15) is 19.8 Å². The first-order valence-corrected chi connectivity index (χ1v) is 6.73. The Morgan fingerprint density at radius 2 is 2.11 bits per heavy atom. The smallest absolute Gasteiger partial charge is 0.242 e. The number of nitrogen functional groups attached to an aromatic ring is 1. The number of nitrogens with zero attached hydrogens (tertiary/aromatic N) is 3. The SMILES string of the molecule is CCOc1ncnc(N2CCC(COC)CC2)c1N. The van der Waals surface area contributed by atoms with E-state index in [0.717, 1.165) is 38.4 Å². The summed E-state index contributed by atoms with van der Waals surface area (Å²) in [5.41, 5.74) is 6.61. The fraction of sp³-hybridized carbons (Fsp3) is 0.692. The van der Waals surface area contributed by atoms with E-state index in [1.165, 1.54) is 6.33 Å². The van der Waals surface area contributed by atoms with Crippen LogP contribution < -0.4 is 15.4 Å². The minimum absolute atomic E-state index is 0.478. The highest BCUT2D eigenvalue weighted by molar-refractivity contribution is 5.67. The van der Waals surface area contributed by atoms with E-state index in [9.17, 15) is 0 Å². The number of hydrogen-bond donors (Lipinski definition) is 1. The molecule has 1 aromatic heterocycles. The summed E-state index contributed by atoms with van der Waals surface area (Å²) in [6.07, 6.45) is 3.71. The van der Waals surface area contributed by atoms with E-state index < -0.39 is 0 Å². The number of methoxy groups -OCH3 is 1. The largest absolute Gasteiger partial charge is 0.476 e. The van der Waals surface area contributed by atoms with Gasteiger partial charge >= 0.3 is 0 Å². The first-order valence-electron chi connectivity index (χ1n) is 6.73. The van der Waals surface area contributed by atoms with Crippen LogP contribution in [0.3, 0.4) is 0 Å². The normalized spacial score (nSPS) is 16.6. The summed E-state index contributed by atoms with van der Waals surface area (Å²) in [6, 6.07) is 0. The second-order valence-corrected chi connectivity index (χ2v) is 4.73. The lowest BCUT2D eigenvalue weighted by molar-refractivity contribution is 0.139. The molecule has 6 heteroatoms. The third-order valence-electron chi connectivity index (χ3n) is 3.42. The molecule has 0 bridgehead atoms. The summed E-state index contributed by atoms with van der Waals surface area (Å²) in [5, 5.41) is 0. The summed E-state index contributed by atoms with van der Waals surface area (Å²) in [7, 11) is 1.75. The molecule has 0 aliphatic carbocycles. The maximum absolute atomic E-state index is 6.08. The summed E-state index contributed by atoms with van der Waals surface area (Å²) in [4.78, 5) is 10.6. The Balaban J connectivity index is 2.05. The Morgan fingerprint density at radius 1 is 1.37 bits per heavy atom. The molecule has 1 aromatic rings. The third kappa shape index (κ3) is 3.26. The first kappa shape index (κ1) is 13.9. The molecule has 106 valence electrons. The average Bonchev–Trinajstić information content (AvgIpc) is 2.43. The van der Waals surface area contributed by atoms with E-state index in [0.29, 0.717) is 24.1 Å². The Bertz CT molecular complexity index is 406. The van der Waals surface area contributed by atoms with Gasteiger partial charge in [-0.05, 0) is 25.7 Å². The highest BCUT2D eigenvalue weighted by Gasteiger charge is 2.22. The molecule has 2 N–H and O–H groups in total. The molecule has 0 saturated carbocycles. The second-order valence-electron chi connectivity index (χ2n) is 4.73. The predicted octanol–water partition coefficient (Wildman–Crippen LogP) is 1.32. The van der Waals surface area contributed by atoms with Crippen LogP contribution in [-0.2, 0) is 4.74 Å². The van der Waals surface area contributed by atoms with Crippen molar-refractivity contribution in [2.24, 2.45) is 5.92 Å². The van der Waals surface area contributed by atoms with Crippen LogP contribution in [0.15, 0.2) is 6.33 Å². The molecule has 1 aliphatic heterocycles. The minimum Gasteiger partial charge on any atom is -0.476 e. The monoisotopic (exact) mass is 266 g/mol. The Morgan fingerprint density at radius 3 is 2.74 bits per heavy atom.